The summed E-state index contributed by atoms with van der Waals surface area (Å²) in [4.78, 5) is 2.46. The average molecular weight is 276 g/mol. The Morgan fingerprint density at radius 2 is 2.20 bits per heavy atom. The molecule has 1 N–H and O–H groups in total. The number of hydrogen-bond donors (Lipinski definition) is 1. The van der Waals surface area contributed by atoms with Crippen molar-refractivity contribution in [2.75, 3.05) is 24.6 Å². The Bertz CT molecular complexity index is 431. The third-order valence-electron chi connectivity index (χ3n) is 3.91. The van der Waals surface area contributed by atoms with Crippen LogP contribution in [0.5, 0.6) is 0 Å². The van der Waals surface area contributed by atoms with E-state index in [2.05, 4.69) is 56.1 Å². The van der Waals surface area contributed by atoms with Gasteiger partial charge in [-0.1, -0.05) is 32.9 Å². The van der Waals surface area contributed by atoms with Crippen LogP contribution in [0.1, 0.15) is 38.3 Å². The Hall–Kier alpha value is -1.06. The molecule has 20 heavy (non-hydrogen) atoms. The van der Waals surface area contributed by atoms with Crippen molar-refractivity contribution >= 4 is 5.69 Å². The van der Waals surface area contributed by atoms with Gasteiger partial charge in [0, 0.05) is 31.4 Å². The zero-order valence-corrected chi connectivity index (χ0v) is 13.3. The molecule has 3 heteroatoms. The number of anilines is 1. The van der Waals surface area contributed by atoms with E-state index in [9.17, 15) is 0 Å². The molecular weight excluding hydrogens is 248 g/mol. The van der Waals surface area contributed by atoms with Gasteiger partial charge in [0.1, 0.15) is 0 Å². The second kappa shape index (κ2) is 7.09. The minimum absolute atomic E-state index is 0.380. The first-order valence-electron chi connectivity index (χ1n) is 7.79. The van der Waals surface area contributed by atoms with Crippen molar-refractivity contribution in [2.24, 2.45) is 0 Å². The van der Waals surface area contributed by atoms with Crippen LogP contribution < -0.4 is 10.2 Å². The summed E-state index contributed by atoms with van der Waals surface area (Å²) in [5.41, 5.74) is 4.09. The van der Waals surface area contributed by atoms with Gasteiger partial charge < -0.3 is 15.0 Å². The lowest BCUT2D eigenvalue weighted by Crippen LogP contribution is -2.42. The Balaban J connectivity index is 2.05. The standard InChI is InChI=1S/C17H28N2O/c1-5-16-12-19(8-9-20-16)17-7-6-15(10-14(17)4)11-18-13(2)3/h6-7,10,13,16,18H,5,8-9,11-12H2,1-4H3. The molecule has 1 aliphatic rings. The van der Waals surface area contributed by atoms with Gasteiger partial charge in [-0.25, -0.2) is 0 Å². The highest BCUT2D eigenvalue weighted by Crippen LogP contribution is 2.24. The highest BCUT2D eigenvalue weighted by molar-refractivity contribution is 5.54. The minimum Gasteiger partial charge on any atom is -0.375 e. The van der Waals surface area contributed by atoms with Crippen molar-refractivity contribution in [3.8, 4) is 0 Å². The normalized spacial score (nSPS) is 19.6. The second-order valence-electron chi connectivity index (χ2n) is 6.00. The van der Waals surface area contributed by atoms with Crippen LogP contribution in [0, 0.1) is 6.92 Å². The lowest BCUT2D eigenvalue weighted by atomic mass is 10.1. The smallest absolute Gasteiger partial charge is 0.0748 e. The number of rotatable bonds is 5. The van der Waals surface area contributed by atoms with Crippen molar-refractivity contribution in [2.45, 2.75) is 52.8 Å². The summed E-state index contributed by atoms with van der Waals surface area (Å²) in [5, 5.41) is 3.47. The highest BCUT2D eigenvalue weighted by atomic mass is 16.5. The van der Waals surface area contributed by atoms with E-state index in [-0.39, 0.29) is 0 Å². The largest absolute Gasteiger partial charge is 0.375 e. The third kappa shape index (κ3) is 3.97. The molecule has 112 valence electrons. The predicted octanol–water partition coefficient (Wildman–Crippen LogP) is 3.11. The maximum atomic E-state index is 5.76. The molecule has 2 rings (SSSR count). The van der Waals surface area contributed by atoms with Gasteiger partial charge in [-0.05, 0) is 30.5 Å². The van der Waals surface area contributed by atoms with E-state index < -0.39 is 0 Å². The second-order valence-corrected chi connectivity index (χ2v) is 6.00. The van der Waals surface area contributed by atoms with Crippen molar-refractivity contribution in [1.82, 2.24) is 5.32 Å². The van der Waals surface area contributed by atoms with Crippen LogP contribution in [0.3, 0.4) is 0 Å². The van der Waals surface area contributed by atoms with Crippen LogP contribution in [-0.2, 0) is 11.3 Å². The molecule has 1 saturated heterocycles. The first-order valence-corrected chi connectivity index (χ1v) is 7.79. The van der Waals surface area contributed by atoms with Crippen LogP contribution in [0.2, 0.25) is 0 Å². The van der Waals surface area contributed by atoms with E-state index in [4.69, 9.17) is 4.74 Å². The maximum Gasteiger partial charge on any atom is 0.0748 e. The van der Waals surface area contributed by atoms with E-state index in [1.54, 1.807) is 0 Å². The molecule has 0 radical (unpaired) electrons. The molecular formula is C17H28N2O. The van der Waals surface area contributed by atoms with Crippen LogP contribution in [-0.4, -0.2) is 31.8 Å². The fraction of sp³-hybridized carbons (Fsp3) is 0.647. The molecule has 1 atom stereocenters. The Labute approximate surface area is 123 Å². The molecule has 0 aromatic heterocycles. The lowest BCUT2D eigenvalue weighted by Gasteiger charge is -2.35. The first kappa shape index (κ1) is 15.3. The van der Waals surface area contributed by atoms with Crippen molar-refractivity contribution in [3.63, 3.8) is 0 Å². The number of nitrogens with one attached hydrogen (secondary N) is 1. The summed E-state index contributed by atoms with van der Waals surface area (Å²) >= 11 is 0. The predicted molar refractivity (Wildman–Crippen MR) is 85.4 cm³/mol. The quantitative estimate of drug-likeness (QED) is 0.894. The van der Waals surface area contributed by atoms with Crippen molar-refractivity contribution < 1.29 is 4.74 Å². The molecule has 1 aliphatic heterocycles. The molecule has 0 spiro atoms. The average Bonchev–Trinajstić information content (AvgIpc) is 2.45. The van der Waals surface area contributed by atoms with E-state index >= 15 is 0 Å². The van der Waals surface area contributed by atoms with E-state index in [0.717, 1.165) is 32.7 Å². The van der Waals surface area contributed by atoms with Gasteiger partial charge in [-0.15, -0.1) is 0 Å². The minimum atomic E-state index is 0.380. The van der Waals surface area contributed by atoms with Crippen molar-refractivity contribution in [3.05, 3.63) is 29.3 Å². The topological polar surface area (TPSA) is 24.5 Å². The van der Waals surface area contributed by atoms with E-state index in [1.165, 1.54) is 16.8 Å². The number of morpholine rings is 1. The molecule has 0 amide bonds. The van der Waals surface area contributed by atoms with Gasteiger partial charge in [0.25, 0.3) is 0 Å². The van der Waals surface area contributed by atoms with Gasteiger partial charge in [-0.2, -0.15) is 0 Å². The van der Waals surface area contributed by atoms with Crippen LogP contribution in [0.15, 0.2) is 18.2 Å². The summed E-state index contributed by atoms with van der Waals surface area (Å²) in [6.07, 6.45) is 1.47. The zero-order chi connectivity index (χ0) is 14.5. The molecule has 1 heterocycles. The summed E-state index contributed by atoms with van der Waals surface area (Å²) in [5.74, 6) is 0. The van der Waals surface area contributed by atoms with Gasteiger partial charge in [0.15, 0.2) is 0 Å². The van der Waals surface area contributed by atoms with Gasteiger partial charge in [0.05, 0.1) is 12.7 Å². The Morgan fingerprint density at radius 1 is 1.40 bits per heavy atom. The molecule has 1 aromatic rings. The van der Waals surface area contributed by atoms with Gasteiger partial charge in [0.2, 0.25) is 0 Å². The first-order chi connectivity index (χ1) is 9.60. The number of hydrogen-bond acceptors (Lipinski definition) is 3. The zero-order valence-electron chi connectivity index (χ0n) is 13.3. The molecule has 0 saturated carbocycles. The monoisotopic (exact) mass is 276 g/mol. The SMILES string of the molecule is CCC1CN(c2ccc(CNC(C)C)cc2C)CCO1. The summed E-state index contributed by atoms with van der Waals surface area (Å²) in [6, 6.07) is 7.35. The molecule has 0 bridgehead atoms. The molecule has 3 nitrogen and oxygen atoms in total. The molecule has 0 aliphatic carbocycles. The summed E-state index contributed by atoms with van der Waals surface area (Å²) in [6.45, 7) is 12.6. The highest BCUT2D eigenvalue weighted by Gasteiger charge is 2.20. The van der Waals surface area contributed by atoms with Gasteiger partial charge in [-0.3, -0.25) is 0 Å². The van der Waals surface area contributed by atoms with Crippen LogP contribution in [0.4, 0.5) is 5.69 Å². The van der Waals surface area contributed by atoms with E-state index in [0.29, 0.717) is 12.1 Å². The fourth-order valence-corrected chi connectivity index (χ4v) is 2.69. The lowest BCUT2D eigenvalue weighted by molar-refractivity contribution is 0.0384. The number of ether oxygens (including phenoxy) is 1. The van der Waals surface area contributed by atoms with Crippen molar-refractivity contribution in [1.29, 1.82) is 0 Å². The van der Waals surface area contributed by atoms with Gasteiger partial charge >= 0.3 is 0 Å². The number of aryl methyl sites for hydroxylation is 1. The summed E-state index contributed by atoms with van der Waals surface area (Å²) < 4.78 is 5.76. The third-order valence-corrected chi connectivity index (χ3v) is 3.91. The molecule has 1 fully saturated rings. The Morgan fingerprint density at radius 3 is 2.85 bits per heavy atom. The van der Waals surface area contributed by atoms with E-state index in [1.807, 2.05) is 0 Å². The molecule has 1 aromatic carbocycles. The Kier molecular flexibility index (Phi) is 5.44. The fourth-order valence-electron chi connectivity index (χ4n) is 2.69. The molecule has 1 unspecified atom stereocenters. The van der Waals surface area contributed by atoms with Crippen LogP contribution in [0.25, 0.3) is 0 Å². The number of benzene rings is 1. The van der Waals surface area contributed by atoms with Crippen LogP contribution >= 0.6 is 0 Å². The number of nitrogens with zero attached hydrogens (tertiary/aromatic N) is 1. The maximum absolute atomic E-state index is 5.76. The summed E-state index contributed by atoms with van der Waals surface area (Å²) in [7, 11) is 0.